The van der Waals surface area contributed by atoms with Gasteiger partial charge in [0, 0.05) is 29.0 Å². The van der Waals surface area contributed by atoms with E-state index in [-0.39, 0.29) is 27.2 Å². The highest BCUT2D eigenvalue weighted by Crippen LogP contribution is 2.40. The van der Waals surface area contributed by atoms with Crippen LogP contribution in [0.2, 0.25) is 10.2 Å². The van der Waals surface area contributed by atoms with Crippen LogP contribution in [0.5, 0.6) is 5.75 Å². The van der Waals surface area contributed by atoms with Gasteiger partial charge >= 0.3 is 6.18 Å². The Bertz CT molecular complexity index is 928. The Hall–Kier alpha value is -2.25. The molecule has 1 aromatic carbocycles. The average molecular weight is 402 g/mol. The summed E-state index contributed by atoms with van der Waals surface area (Å²) in [6.07, 6.45) is -4.09. The summed E-state index contributed by atoms with van der Waals surface area (Å²) in [5.41, 5.74) is 0.701. The monoisotopic (exact) mass is 401 g/mol. The van der Waals surface area contributed by atoms with E-state index in [1.54, 1.807) is 19.2 Å². The van der Waals surface area contributed by atoms with Gasteiger partial charge in [0.15, 0.2) is 0 Å². The van der Waals surface area contributed by atoms with E-state index in [1.807, 2.05) is 0 Å². The summed E-state index contributed by atoms with van der Waals surface area (Å²) in [5.74, 6) is -0.0510. The molecule has 9 heteroatoms. The lowest BCUT2D eigenvalue weighted by atomic mass is 10.1. The van der Waals surface area contributed by atoms with Gasteiger partial charge in [-0.3, -0.25) is 0 Å². The topological polar surface area (TPSA) is 39.9 Å². The van der Waals surface area contributed by atoms with Crippen molar-refractivity contribution in [2.24, 2.45) is 0 Å². The van der Waals surface area contributed by atoms with Crippen LogP contribution in [0.25, 0.3) is 5.69 Å². The summed E-state index contributed by atoms with van der Waals surface area (Å²) in [6, 6.07) is 8.25. The maximum Gasteiger partial charge on any atom is 0.429 e. The second kappa shape index (κ2) is 7.17. The number of hydrogen-bond donors (Lipinski definition) is 0. The van der Waals surface area contributed by atoms with Gasteiger partial charge in [-0.1, -0.05) is 29.3 Å². The van der Waals surface area contributed by atoms with E-state index in [1.165, 1.54) is 41.2 Å². The molecule has 3 rings (SSSR count). The zero-order valence-corrected chi connectivity index (χ0v) is 14.8. The smallest absolute Gasteiger partial charge is 0.429 e. The van der Waals surface area contributed by atoms with Gasteiger partial charge < -0.3 is 4.74 Å². The van der Waals surface area contributed by atoms with E-state index in [2.05, 4.69) is 10.1 Å². The van der Waals surface area contributed by atoms with Gasteiger partial charge in [0.05, 0.1) is 11.4 Å². The van der Waals surface area contributed by atoms with Gasteiger partial charge in [-0.2, -0.15) is 18.3 Å². The molecule has 136 valence electrons. The predicted molar refractivity (Wildman–Crippen MR) is 92.0 cm³/mol. The molecule has 0 amide bonds. The number of halogens is 5. The molecular formula is C17H12Cl2F3N3O. The van der Waals surface area contributed by atoms with Crippen molar-refractivity contribution < 1.29 is 17.9 Å². The van der Waals surface area contributed by atoms with Crippen molar-refractivity contribution in [3.05, 3.63) is 70.2 Å². The highest BCUT2D eigenvalue weighted by molar-refractivity contribution is 6.30. The lowest BCUT2D eigenvalue weighted by molar-refractivity contribution is -0.198. The summed E-state index contributed by atoms with van der Waals surface area (Å²) < 4.78 is 47.8. The van der Waals surface area contributed by atoms with Crippen LogP contribution >= 0.6 is 23.2 Å². The van der Waals surface area contributed by atoms with Crippen molar-refractivity contribution in [2.45, 2.75) is 19.2 Å². The molecule has 0 N–H and O–H groups in total. The highest BCUT2D eigenvalue weighted by atomic mass is 35.5. The van der Waals surface area contributed by atoms with Crippen molar-refractivity contribution in [2.75, 3.05) is 0 Å². The lowest BCUT2D eigenvalue weighted by Gasteiger charge is -2.24. The van der Waals surface area contributed by atoms with E-state index in [0.29, 0.717) is 5.69 Å². The molecule has 0 aliphatic heterocycles. The van der Waals surface area contributed by atoms with Crippen molar-refractivity contribution >= 4 is 23.2 Å². The number of alkyl halides is 3. The minimum atomic E-state index is -4.68. The molecule has 0 aliphatic carbocycles. The summed E-state index contributed by atoms with van der Waals surface area (Å²) in [6.45, 7) is 1.73. The van der Waals surface area contributed by atoms with Crippen molar-refractivity contribution in [3.8, 4) is 11.4 Å². The molecule has 1 atom stereocenters. The molecule has 4 nitrogen and oxygen atoms in total. The Labute approximate surface area is 157 Å². The number of hydrogen-bond acceptors (Lipinski definition) is 3. The molecule has 26 heavy (non-hydrogen) atoms. The largest absolute Gasteiger partial charge is 0.476 e. The van der Waals surface area contributed by atoms with Crippen LogP contribution in [-0.2, 0) is 0 Å². The molecule has 0 bridgehead atoms. The second-order valence-electron chi connectivity index (χ2n) is 5.46. The van der Waals surface area contributed by atoms with Gasteiger partial charge in [0.2, 0.25) is 6.10 Å². The number of ether oxygens (including phenoxy) is 1. The third-order valence-electron chi connectivity index (χ3n) is 3.49. The maximum atomic E-state index is 13.8. The molecule has 2 aromatic heterocycles. The van der Waals surface area contributed by atoms with Gasteiger partial charge in [-0.05, 0) is 31.2 Å². The number of nitrogens with zero attached hydrogens (tertiary/aromatic N) is 3. The molecule has 0 saturated heterocycles. The second-order valence-corrected chi connectivity index (χ2v) is 6.28. The minimum Gasteiger partial charge on any atom is -0.476 e. The van der Waals surface area contributed by atoms with Crippen molar-refractivity contribution in [1.82, 2.24) is 14.8 Å². The molecule has 3 aromatic rings. The Morgan fingerprint density at radius 1 is 1.12 bits per heavy atom. The summed E-state index contributed by atoms with van der Waals surface area (Å²) in [4.78, 5) is 3.73. The minimum absolute atomic E-state index is 0.0301. The van der Waals surface area contributed by atoms with Crippen molar-refractivity contribution in [3.63, 3.8) is 0 Å². The molecular weight excluding hydrogens is 390 g/mol. The van der Waals surface area contributed by atoms with Gasteiger partial charge in [0.1, 0.15) is 10.9 Å². The Balaban J connectivity index is 2.10. The Morgan fingerprint density at radius 2 is 1.88 bits per heavy atom. The first-order chi connectivity index (χ1) is 12.2. The van der Waals surface area contributed by atoms with Crippen LogP contribution in [0.4, 0.5) is 13.2 Å². The van der Waals surface area contributed by atoms with Crippen molar-refractivity contribution in [1.29, 1.82) is 0 Å². The zero-order valence-electron chi connectivity index (χ0n) is 13.3. The number of pyridine rings is 1. The van der Waals surface area contributed by atoms with E-state index in [4.69, 9.17) is 27.9 Å². The molecule has 2 heterocycles. The van der Waals surface area contributed by atoms with Gasteiger partial charge in [0.25, 0.3) is 0 Å². The summed E-state index contributed by atoms with van der Waals surface area (Å²) >= 11 is 11.7. The van der Waals surface area contributed by atoms with Crippen LogP contribution in [0.1, 0.15) is 17.4 Å². The summed E-state index contributed by atoms with van der Waals surface area (Å²) in [5, 5.41) is 4.48. The highest BCUT2D eigenvalue weighted by Gasteiger charge is 2.44. The fraction of sp³-hybridized carbons (Fsp3) is 0.176. The molecule has 0 spiro atoms. The lowest BCUT2D eigenvalue weighted by Crippen LogP contribution is -2.27. The quantitative estimate of drug-likeness (QED) is 0.536. The van der Waals surface area contributed by atoms with Gasteiger partial charge in [-0.15, -0.1) is 0 Å². The number of aromatic nitrogens is 3. The fourth-order valence-corrected chi connectivity index (χ4v) is 2.72. The zero-order chi connectivity index (χ0) is 18.9. The molecule has 0 saturated carbocycles. The maximum absolute atomic E-state index is 13.8. The first kappa shape index (κ1) is 18.5. The van der Waals surface area contributed by atoms with E-state index in [9.17, 15) is 13.2 Å². The third kappa shape index (κ3) is 4.11. The molecule has 0 fully saturated rings. The number of benzene rings is 1. The van der Waals surface area contributed by atoms with Crippen LogP contribution in [-0.4, -0.2) is 20.9 Å². The normalized spacial score (nSPS) is 12.8. The fourth-order valence-electron chi connectivity index (χ4n) is 2.39. The number of aryl methyl sites for hydroxylation is 1. The molecule has 0 aliphatic rings. The molecule has 1 unspecified atom stereocenters. The van der Waals surface area contributed by atoms with Crippen LogP contribution in [0, 0.1) is 6.92 Å². The average Bonchev–Trinajstić information content (AvgIpc) is 2.98. The van der Waals surface area contributed by atoms with Crippen LogP contribution < -0.4 is 4.74 Å². The first-order valence-corrected chi connectivity index (χ1v) is 8.16. The summed E-state index contributed by atoms with van der Waals surface area (Å²) in [7, 11) is 0. The van der Waals surface area contributed by atoms with E-state index < -0.39 is 12.3 Å². The Kier molecular flexibility index (Phi) is 5.11. The number of rotatable bonds is 4. The predicted octanol–water partition coefficient (Wildman–Crippen LogP) is 5.56. The SMILES string of the molecule is Cc1ccn(-c2cc(Cl)ccc2C(Oc2ccnc(Cl)c2)C(F)(F)F)n1. The van der Waals surface area contributed by atoms with Gasteiger partial charge in [-0.25, -0.2) is 9.67 Å². The molecule has 0 radical (unpaired) electrons. The Morgan fingerprint density at radius 3 is 2.50 bits per heavy atom. The standard InChI is InChI=1S/C17H12Cl2F3N3O/c1-10-5-7-25(24-10)14-8-11(18)2-3-13(14)16(17(20,21)22)26-12-4-6-23-15(19)9-12/h2-9,16H,1H3. The van der Waals surface area contributed by atoms with E-state index in [0.717, 1.165) is 0 Å². The van der Waals surface area contributed by atoms with E-state index >= 15 is 0 Å². The first-order valence-electron chi connectivity index (χ1n) is 7.41. The third-order valence-corrected chi connectivity index (χ3v) is 3.94. The van der Waals surface area contributed by atoms with Crippen LogP contribution in [0.15, 0.2) is 48.8 Å². The van der Waals surface area contributed by atoms with Crippen LogP contribution in [0.3, 0.4) is 0 Å².